The minimum atomic E-state index is 0.0916. The van der Waals surface area contributed by atoms with Crippen molar-refractivity contribution in [2.75, 3.05) is 20.1 Å². The molecule has 114 valence electrons. The second kappa shape index (κ2) is 5.80. The Morgan fingerprint density at radius 1 is 1.29 bits per heavy atom. The van der Waals surface area contributed by atoms with Crippen LogP contribution in [0.15, 0.2) is 24.3 Å². The maximum Gasteiger partial charge on any atom is 0.230 e. The Morgan fingerprint density at radius 2 is 2.00 bits per heavy atom. The molecule has 0 aromatic heterocycles. The Morgan fingerprint density at radius 3 is 2.71 bits per heavy atom. The lowest BCUT2D eigenvalue weighted by Gasteiger charge is -2.41. The van der Waals surface area contributed by atoms with Crippen molar-refractivity contribution in [2.45, 2.75) is 50.5 Å². The summed E-state index contributed by atoms with van der Waals surface area (Å²) in [5, 5.41) is 3.40. The standard InChI is InChI=1S/C18H26N2O/c1-18(19-2)10-12-20(13-11-18)17(21)16-9-5-7-14-6-3-4-8-15(14)16/h3-4,6,8,16,19H,5,7,9-13H2,1-2H3. The molecular formula is C18H26N2O. The summed E-state index contributed by atoms with van der Waals surface area (Å²) in [4.78, 5) is 15.0. The quantitative estimate of drug-likeness (QED) is 0.906. The predicted octanol–water partition coefficient (Wildman–Crippen LogP) is 2.71. The van der Waals surface area contributed by atoms with Crippen molar-refractivity contribution in [3.05, 3.63) is 35.4 Å². The van der Waals surface area contributed by atoms with Crippen molar-refractivity contribution < 1.29 is 4.79 Å². The van der Waals surface area contributed by atoms with E-state index in [4.69, 9.17) is 0 Å². The number of piperidine rings is 1. The van der Waals surface area contributed by atoms with Gasteiger partial charge in [-0.1, -0.05) is 24.3 Å². The number of nitrogens with zero attached hydrogens (tertiary/aromatic N) is 1. The molecule has 0 radical (unpaired) electrons. The molecule has 3 nitrogen and oxygen atoms in total. The number of carbonyl (C=O) groups excluding carboxylic acids is 1. The molecule has 1 amide bonds. The zero-order chi connectivity index (χ0) is 14.9. The Hall–Kier alpha value is -1.35. The lowest BCUT2D eigenvalue weighted by atomic mass is 9.81. The molecule has 1 N–H and O–H groups in total. The molecule has 1 aromatic rings. The number of fused-ring (bicyclic) bond motifs is 1. The topological polar surface area (TPSA) is 32.3 Å². The molecule has 1 saturated heterocycles. The zero-order valence-corrected chi connectivity index (χ0v) is 13.2. The van der Waals surface area contributed by atoms with Crippen molar-refractivity contribution in [1.82, 2.24) is 10.2 Å². The number of hydrogen-bond acceptors (Lipinski definition) is 2. The Kier molecular flexibility index (Phi) is 4.03. The van der Waals surface area contributed by atoms with Gasteiger partial charge in [0.15, 0.2) is 0 Å². The smallest absolute Gasteiger partial charge is 0.230 e. The first-order valence-corrected chi connectivity index (χ1v) is 8.18. The minimum Gasteiger partial charge on any atom is -0.342 e. The van der Waals surface area contributed by atoms with Gasteiger partial charge in [-0.15, -0.1) is 0 Å². The molecule has 1 aromatic carbocycles. The van der Waals surface area contributed by atoms with E-state index in [1.807, 2.05) is 7.05 Å². The van der Waals surface area contributed by atoms with E-state index in [9.17, 15) is 4.79 Å². The van der Waals surface area contributed by atoms with Gasteiger partial charge in [-0.05, 0) is 57.2 Å². The maximum absolute atomic E-state index is 12.9. The molecule has 1 unspecified atom stereocenters. The number of rotatable bonds is 2. The van der Waals surface area contributed by atoms with Crippen LogP contribution in [0.1, 0.15) is 49.7 Å². The fourth-order valence-corrected chi connectivity index (χ4v) is 3.70. The normalized spacial score (nSPS) is 24.5. The van der Waals surface area contributed by atoms with Crippen LogP contribution in [0.3, 0.4) is 0 Å². The van der Waals surface area contributed by atoms with Crippen molar-refractivity contribution in [1.29, 1.82) is 0 Å². The third-order valence-electron chi connectivity index (χ3n) is 5.45. The van der Waals surface area contributed by atoms with E-state index >= 15 is 0 Å². The Bertz CT molecular complexity index is 518. The predicted molar refractivity (Wildman–Crippen MR) is 85.4 cm³/mol. The molecule has 0 saturated carbocycles. The van der Waals surface area contributed by atoms with Gasteiger partial charge in [-0.25, -0.2) is 0 Å². The van der Waals surface area contributed by atoms with Crippen LogP contribution in [-0.4, -0.2) is 36.5 Å². The molecule has 3 heteroatoms. The first-order chi connectivity index (χ1) is 10.1. The van der Waals surface area contributed by atoms with Gasteiger partial charge in [0.1, 0.15) is 0 Å². The van der Waals surface area contributed by atoms with Crippen LogP contribution in [0.5, 0.6) is 0 Å². The highest BCUT2D eigenvalue weighted by atomic mass is 16.2. The molecule has 1 heterocycles. The fraction of sp³-hybridized carbons (Fsp3) is 0.611. The van der Waals surface area contributed by atoms with E-state index in [-0.39, 0.29) is 11.5 Å². The second-order valence-electron chi connectivity index (χ2n) is 6.78. The van der Waals surface area contributed by atoms with Crippen LogP contribution in [0, 0.1) is 0 Å². The highest BCUT2D eigenvalue weighted by Gasteiger charge is 2.34. The summed E-state index contributed by atoms with van der Waals surface area (Å²) < 4.78 is 0. The second-order valence-corrected chi connectivity index (χ2v) is 6.78. The molecule has 3 rings (SSSR count). The van der Waals surface area contributed by atoms with Crippen molar-refractivity contribution >= 4 is 5.91 Å². The summed E-state index contributed by atoms with van der Waals surface area (Å²) in [6, 6.07) is 8.49. The largest absolute Gasteiger partial charge is 0.342 e. The maximum atomic E-state index is 12.9. The van der Waals surface area contributed by atoms with Crippen molar-refractivity contribution in [3.63, 3.8) is 0 Å². The van der Waals surface area contributed by atoms with Crippen LogP contribution >= 0.6 is 0 Å². The van der Waals surface area contributed by atoms with E-state index in [1.54, 1.807) is 0 Å². The number of likely N-dealkylation sites (tertiary alicyclic amines) is 1. The molecule has 1 fully saturated rings. The molecule has 1 aliphatic heterocycles. The third kappa shape index (κ3) is 2.84. The number of carbonyl (C=O) groups is 1. The number of aryl methyl sites for hydroxylation is 1. The Labute approximate surface area is 127 Å². The number of amides is 1. The minimum absolute atomic E-state index is 0.0916. The van der Waals surface area contributed by atoms with Crippen LogP contribution in [-0.2, 0) is 11.2 Å². The first kappa shape index (κ1) is 14.6. The van der Waals surface area contributed by atoms with Crippen molar-refractivity contribution in [3.8, 4) is 0 Å². The number of nitrogens with one attached hydrogen (secondary N) is 1. The summed E-state index contributed by atoms with van der Waals surface area (Å²) in [6.07, 6.45) is 5.36. The van der Waals surface area contributed by atoms with Crippen LogP contribution in [0.4, 0.5) is 0 Å². The van der Waals surface area contributed by atoms with E-state index in [1.165, 1.54) is 11.1 Å². The van der Waals surface area contributed by atoms with E-state index in [0.717, 1.165) is 45.2 Å². The van der Waals surface area contributed by atoms with Crippen LogP contribution in [0.25, 0.3) is 0 Å². The van der Waals surface area contributed by atoms with Crippen molar-refractivity contribution in [2.24, 2.45) is 0 Å². The molecular weight excluding hydrogens is 260 g/mol. The molecule has 1 aliphatic carbocycles. The highest BCUT2D eigenvalue weighted by molar-refractivity contribution is 5.84. The fourth-order valence-electron chi connectivity index (χ4n) is 3.70. The first-order valence-electron chi connectivity index (χ1n) is 8.18. The SMILES string of the molecule is CNC1(C)CCN(C(=O)C2CCCc3ccccc32)CC1. The highest BCUT2D eigenvalue weighted by Crippen LogP contribution is 2.34. The van der Waals surface area contributed by atoms with Gasteiger partial charge in [-0.3, -0.25) is 4.79 Å². The zero-order valence-electron chi connectivity index (χ0n) is 13.2. The summed E-state index contributed by atoms with van der Waals surface area (Å²) >= 11 is 0. The average molecular weight is 286 g/mol. The van der Waals surface area contributed by atoms with E-state index < -0.39 is 0 Å². The van der Waals surface area contributed by atoms with Gasteiger partial charge in [0.05, 0.1) is 5.92 Å². The monoisotopic (exact) mass is 286 g/mol. The summed E-state index contributed by atoms with van der Waals surface area (Å²) in [7, 11) is 2.02. The van der Waals surface area contributed by atoms with E-state index in [0.29, 0.717) is 5.91 Å². The number of hydrogen-bond donors (Lipinski definition) is 1. The molecule has 21 heavy (non-hydrogen) atoms. The van der Waals surface area contributed by atoms with Gasteiger partial charge in [0.2, 0.25) is 5.91 Å². The van der Waals surface area contributed by atoms with Crippen LogP contribution in [0.2, 0.25) is 0 Å². The summed E-state index contributed by atoms with van der Waals surface area (Å²) in [6.45, 7) is 4.02. The lowest BCUT2D eigenvalue weighted by Crippen LogP contribution is -2.52. The van der Waals surface area contributed by atoms with E-state index in [2.05, 4.69) is 41.4 Å². The molecule has 0 spiro atoms. The van der Waals surface area contributed by atoms with Gasteiger partial charge < -0.3 is 10.2 Å². The third-order valence-corrected chi connectivity index (χ3v) is 5.45. The average Bonchev–Trinajstić information content (AvgIpc) is 2.54. The molecule has 1 atom stereocenters. The van der Waals surface area contributed by atoms with Gasteiger partial charge >= 0.3 is 0 Å². The van der Waals surface area contributed by atoms with Gasteiger partial charge in [0.25, 0.3) is 0 Å². The van der Waals surface area contributed by atoms with Gasteiger partial charge in [0, 0.05) is 18.6 Å². The van der Waals surface area contributed by atoms with Gasteiger partial charge in [-0.2, -0.15) is 0 Å². The van der Waals surface area contributed by atoms with Crippen LogP contribution < -0.4 is 5.32 Å². The Balaban J connectivity index is 1.73. The summed E-state index contributed by atoms with van der Waals surface area (Å²) in [5.41, 5.74) is 2.84. The summed E-state index contributed by atoms with van der Waals surface area (Å²) in [5.74, 6) is 0.439. The molecule has 0 bridgehead atoms. The lowest BCUT2D eigenvalue weighted by molar-refractivity contribution is -0.134. The number of benzene rings is 1. The molecule has 2 aliphatic rings.